The molecule has 4 N–H and O–H groups in total. The maximum Gasteiger partial charge on any atom is 0.144 e. The first-order valence-corrected chi connectivity index (χ1v) is 10.6. The van der Waals surface area contributed by atoms with Crippen molar-refractivity contribution in [3.8, 4) is 11.5 Å². The van der Waals surface area contributed by atoms with Crippen LogP contribution in [0.2, 0.25) is 0 Å². The SMILES string of the molecule is CC/C(=C(/N)S(=O)c1ccc(C(C)(C)C)cc1)N(N)c1cc(OC)ccc1OC. The Bertz CT molecular complexity index is 903. The quantitative estimate of drug-likeness (QED) is 0.522. The second-order valence-corrected chi connectivity index (χ2v) is 9.06. The third-order valence-electron chi connectivity index (χ3n) is 4.69. The topological polar surface area (TPSA) is 90.8 Å². The molecular weight excluding hydrogens is 386 g/mol. The Labute approximate surface area is 175 Å². The van der Waals surface area contributed by atoms with Gasteiger partial charge in [0.05, 0.1) is 19.9 Å². The maximum absolute atomic E-state index is 13.1. The predicted octanol–water partition coefficient (Wildman–Crippen LogP) is 4.03. The van der Waals surface area contributed by atoms with Crippen molar-refractivity contribution in [3.05, 3.63) is 58.8 Å². The molecule has 0 fully saturated rings. The fourth-order valence-electron chi connectivity index (χ4n) is 2.91. The largest absolute Gasteiger partial charge is 0.497 e. The van der Waals surface area contributed by atoms with E-state index >= 15 is 0 Å². The zero-order valence-corrected chi connectivity index (χ0v) is 18.8. The monoisotopic (exact) mass is 417 g/mol. The molecule has 2 rings (SSSR count). The van der Waals surface area contributed by atoms with Gasteiger partial charge in [0.2, 0.25) is 0 Å². The maximum atomic E-state index is 13.1. The zero-order chi connectivity index (χ0) is 21.8. The van der Waals surface area contributed by atoms with Gasteiger partial charge in [-0.05, 0) is 41.7 Å². The van der Waals surface area contributed by atoms with Crippen molar-refractivity contribution in [3.63, 3.8) is 0 Å². The average Bonchev–Trinajstić information content (AvgIpc) is 2.72. The van der Waals surface area contributed by atoms with E-state index in [1.165, 1.54) is 5.01 Å². The predicted molar refractivity (Wildman–Crippen MR) is 119 cm³/mol. The summed E-state index contributed by atoms with van der Waals surface area (Å²) >= 11 is 0. The van der Waals surface area contributed by atoms with Crippen molar-refractivity contribution in [2.24, 2.45) is 11.6 Å². The van der Waals surface area contributed by atoms with Crippen LogP contribution in [0.25, 0.3) is 0 Å². The van der Waals surface area contributed by atoms with Gasteiger partial charge in [-0.15, -0.1) is 0 Å². The third kappa shape index (κ3) is 5.10. The first-order valence-electron chi connectivity index (χ1n) is 9.41. The molecule has 0 spiro atoms. The van der Waals surface area contributed by atoms with Crippen LogP contribution in [0.3, 0.4) is 0 Å². The molecule has 1 unspecified atom stereocenters. The number of rotatable bonds is 7. The lowest BCUT2D eigenvalue weighted by molar-refractivity contribution is 0.403. The van der Waals surface area contributed by atoms with Crippen LogP contribution in [0.5, 0.6) is 11.5 Å². The lowest BCUT2D eigenvalue weighted by atomic mass is 9.87. The van der Waals surface area contributed by atoms with Crippen LogP contribution in [0.15, 0.2) is 58.1 Å². The van der Waals surface area contributed by atoms with Gasteiger partial charge in [0.1, 0.15) is 33.0 Å². The van der Waals surface area contributed by atoms with Crippen LogP contribution in [-0.2, 0) is 16.2 Å². The number of benzene rings is 2. The minimum atomic E-state index is -1.54. The number of nitrogens with two attached hydrogens (primary N) is 2. The smallest absolute Gasteiger partial charge is 0.144 e. The minimum Gasteiger partial charge on any atom is -0.497 e. The van der Waals surface area contributed by atoms with E-state index in [9.17, 15) is 4.21 Å². The number of hydrazine groups is 1. The van der Waals surface area contributed by atoms with Gasteiger partial charge < -0.3 is 15.2 Å². The number of hydrogen-bond acceptors (Lipinski definition) is 6. The molecule has 7 heteroatoms. The molecule has 0 aromatic heterocycles. The Morgan fingerprint density at radius 1 is 1.07 bits per heavy atom. The zero-order valence-electron chi connectivity index (χ0n) is 18.0. The van der Waals surface area contributed by atoms with Crippen molar-refractivity contribution >= 4 is 16.5 Å². The van der Waals surface area contributed by atoms with Gasteiger partial charge in [-0.1, -0.05) is 39.8 Å². The molecular formula is C22H31N3O3S. The van der Waals surface area contributed by atoms with Gasteiger partial charge in [0.15, 0.2) is 0 Å². The van der Waals surface area contributed by atoms with E-state index < -0.39 is 10.8 Å². The van der Waals surface area contributed by atoms with E-state index in [1.807, 2.05) is 31.2 Å². The number of anilines is 1. The van der Waals surface area contributed by atoms with Gasteiger partial charge in [-0.25, -0.2) is 10.1 Å². The minimum absolute atomic E-state index is 0.0208. The Morgan fingerprint density at radius 3 is 2.17 bits per heavy atom. The Hall–Kier alpha value is -2.51. The Balaban J connectivity index is 2.44. The van der Waals surface area contributed by atoms with E-state index in [0.717, 1.165) is 5.56 Å². The first kappa shape index (κ1) is 22.8. The van der Waals surface area contributed by atoms with Crippen LogP contribution < -0.4 is 26.1 Å². The van der Waals surface area contributed by atoms with Crippen molar-refractivity contribution in [2.75, 3.05) is 19.2 Å². The van der Waals surface area contributed by atoms with Gasteiger partial charge in [0.25, 0.3) is 0 Å². The highest BCUT2D eigenvalue weighted by molar-refractivity contribution is 7.89. The van der Waals surface area contributed by atoms with E-state index in [4.69, 9.17) is 21.1 Å². The van der Waals surface area contributed by atoms with Crippen LogP contribution in [0.4, 0.5) is 5.69 Å². The first-order chi connectivity index (χ1) is 13.6. The number of nitrogens with zero attached hydrogens (tertiary/aromatic N) is 1. The molecule has 0 saturated heterocycles. The summed E-state index contributed by atoms with van der Waals surface area (Å²) in [6.07, 6.45) is 0.495. The van der Waals surface area contributed by atoms with Crippen molar-refractivity contribution in [1.82, 2.24) is 0 Å². The summed E-state index contributed by atoms with van der Waals surface area (Å²) in [4.78, 5) is 0.632. The summed E-state index contributed by atoms with van der Waals surface area (Å²) in [6, 6.07) is 13.0. The van der Waals surface area contributed by atoms with Crippen molar-refractivity contribution in [2.45, 2.75) is 44.4 Å². The van der Waals surface area contributed by atoms with E-state index in [0.29, 0.717) is 34.2 Å². The van der Waals surface area contributed by atoms with E-state index in [2.05, 4.69) is 20.8 Å². The Kier molecular flexibility index (Phi) is 7.32. The summed E-state index contributed by atoms with van der Waals surface area (Å²) in [6.45, 7) is 8.32. The fraction of sp³-hybridized carbons (Fsp3) is 0.364. The summed E-state index contributed by atoms with van der Waals surface area (Å²) in [7, 11) is 1.60. The molecule has 1 atom stereocenters. The van der Waals surface area contributed by atoms with Crippen molar-refractivity contribution in [1.29, 1.82) is 0 Å². The molecule has 2 aromatic carbocycles. The molecule has 6 nitrogen and oxygen atoms in total. The lowest BCUT2D eigenvalue weighted by Gasteiger charge is -2.25. The van der Waals surface area contributed by atoms with E-state index in [-0.39, 0.29) is 10.4 Å². The summed E-state index contributed by atoms with van der Waals surface area (Å²) in [5.41, 5.74) is 8.63. The third-order valence-corrected chi connectivity index (χ3v) is 6.03. The molecule has 0 saturated carbocycles. The second kappa shape index (κ2) is 9.33. The molecule has 2 aromatic rings. The van der Waals surface area contributed by atoms with Crippen molar-refractivity contribution < 1.29 is 13.7 Å². The molecule has 0 bridgehead atoms. The van der Waals surface area contributed by atoms with Crippen LogP contribution in [0.1, 0.15) is 39.7 Å². The van der Waals surface area contributed by atoms with Crippen LogP contribution in [-0.4, -0.2) is 18.4 Å². The van der Waals surface area contributed by atoms with Gasteiger partial charge in [-0.2, -0.15) is 0 Å². The van der Waals surface area contributed by atoms with Crippen LogP contribution >= 0.6 is 0 Å². The van der Waals surface area contributed by atoms with Gasteiger partial charge in [-0.3, -0.25) is 5.01 Å². The summed E-state index contributed by atoms with van der Waals surface area (Å²) in [5, 5.41) is 1.63. The molecule has 0 radical (unpaired) electrons. The summed E-state index contributed by atoms with van der Waals surface area (Å²) < 4.78 is 23.8. The highest BCUT2D eigenvalue weighted by atomic mass is 32.2. The molecule has 158 valence electrons. The average molecular weight is 418 g/mol. The fourth-order valence-corrected chi connectivity index (χ4v) is 4.00. The normalized spacial score (nSPS) is 13.5. The van der Waals surface area contributed by atoms with Crippen LogP contribution in [0, 0.1) is 0 Å². The number of allylic oxidation sites excluding steroid dienone is 1. The molecule has 29 heavy (non-hydrogen) atoms. The number of hydrogen-bond donors (Lipinski definition) is 2. The van der Waals surface area contributed by atoms with E-state index in [1.54, 1.807) is 32.4 Å². The number of ether oxygens (including phenoxy) is 2. The second-order valence-electron chi connectivity index (χ2n) is 7.62. The Morgan fingerprint density at radius 2 is 1.69 bits per heavy atom. The lowest BCUT2D eigenvalue weighted by Crippen LogP contribution is -2.33. The molecule has 0 aliphatic carbocycles. The van der Waals surface area contributed by atoms with Gasteiger partial charge >= 0.3 is 0 Å². The number of methoxy groups -OCH3 is 2. The highest BCUT2D eigenvalue weighted by Crippen LogP contribution is 2.34. The molecule has 0 amide bonds. The molecule has 0 aliphatic rings. The summed E-state index contributed by atoms with van der Waals surface area (Å²) in [5.74, 6) is 7.56. The highest BCUT2D eigenvalue weighted by Gasteiger charge is 2.20. The van der Waals surface area contributed by atoms with Gasteiger partial charge in [0, 0.05) is 11.0 Å². The molecule has 0 heterocycles. The molecule has 0 aliphatic heterocycles. The standard InChI is InChI=1S/C22H31N3O3S/c1-7-18(25(24)19-14-16(27-5)10-13-20(19)28-6)21(23)29(26)17-11-8-15(9-12-17)22(2,3)4/h8-14H,7,23-24H2,1-6H3/b21-18+.